The minimum atomic E-state index is 0.106. The Bertz CT molecular complexity index is 569. The Morgan fingerprint density at radius 1 is 1.14 bits per heavy atom. The number of rotatable bonds is 7. The molecule has 0 aliphatic carbocycles. The molecular weight excluding hydrogens is 274 g/mol. The molecule has 1 heterocycles. The molecule has 0 radical (unpaired) electrons. The number of aromatic nitrogens is 1. The zero-order chi connectivity index (χ0) is 15.8. The van der Waals surface area contributed by atoms with E-state index in [9.17, 15) is 4.79 Å². The van der Waals surface area contributed by atoms with E-state index in [4.69, 9.17) is 0 Å². The number of pyridine rings is 1. The van der Waals surface area contributed by atoms with Crippen molar-refractivity contribution in [2.45, 2.75) is 33.0 Å². The second-order valence-corrected chi connectivity index (χ2v) is 5.53. The van der Waals surface area contributed by atoms with Crippen molar-refractivity contribution in [1.82, 2.24) is 15.2 Å². The molecule has 116 valence electrons. The SMILES string of the molecule is CC(C)N(Cc1ccccc1)C(=O)CNCc1ccccn1. The number of amides is 1. The topological polar surface area (TPSA) is 45.2 Å². The van der Waals surface area contributed by atoms with Gasteiger partial charge in [-0.2, -0.15) is 0 Å². The normalized spacial score (nSPS) is 10.7. The highest BCUT2D eigenvalue weighted by Gasteiger charge is 2.16. The molecule has 1 N–H and O–H groups in total. The van der Waals surface area contributed by atoms with Crippen LogP contribution in [0.4, 0.5) is 0 Å². The van der Waals surface area contributed by atoms with Crippen LogP contribution in [0.25, 0.3) is 0 Å². The molecule has 0 spiro atoms. The van der Waals surface area contributed by atoms with Crippen molar-refractivity contribution in [2.24, 2.45) is 0 Å². The first kappa shape index (κ1) is 16.2. The quantitative estimate of drug-likeness (QED) is 0.854. The van der Waals surface area contributed by atoms with Crippen LogP contribution in [0.5, 0.6) is 0 Å². The summed E-state index contributed by atoms with van der Waals surface area (Å²) in [5, 5.41) is 3.17. The summed E-state index contributed by atoms with van der Waals surface area (Å²) < 4.78 is 0. The molecule has 0 saturated heterocycles. The molecule has 1 aromatic carbocycles. The molecule has 4 nitrogen and oxygen atoms in total. The van der Waals surface area contributed by atoms with Gasteiger partial charge in [0.05, 0.1) is 12.2 Å². The molecule has 0 atom stereocenters. The molecule has 22 heavy (non-hydrogen) atoms. The fourth-order valence-electron chi connectivity index (χ4n) is 2.24. The van der Waals surface area contributed by atoms with E-state index in [0.717, 1.165) is 11.3 Å². The van der Waals surface area contributed by atoms with Crippen molar-refractivity contribution < 1.29 is 4.79 Å². The lowest BCUT2D eigenvalue weighted by Gasteiger charge is -2.27. The summed E-state index contributed by atoms with van der Waals surface area (Å²) in [6.45, 7) is 5.65. The predicted octanol–water partition coefficient (Wildman–Crippen LogP) is 2.61. The summed E-state index contributed by atoms with van der Waals surface area (Å²) in [5.41, 5.74) is 2.09. The van der Waals surface area contributed by atoms with Crippen molar-refractivity contribution in [3.63, 3.8) is 0 Å². The number of carbonyl (C=O) groups is 1. The van der Waals surface area contributed by atoms with Gasteiger partial charge in [-0.1, -0.05) is 36.4 Å². The van der Waals surface area contributed by atoms with E-state index in [0.29, 0.717) is 19.6 Å². The summed E-state index contributed by atoms with van der Waals surface area (Å²) >= 11 is 0. The van der Waals surface area contributed by atoms with E-state index in [1.54, 1.807) is 6.20 Å². The van der Waals surface area contributed by atoms with E-state index >= 15 is 0 Å². The Kier molecular flexibility index (Phi) is 6.10. The molecule has 0 aliphatic rings. The average Bonchev–Trinajstić information content (AvgIpc) is 2.54. The number of hydrogen-bond donors (Lipinski definition) is 1. The highest BCUT2D eigenvalue weighted by atomic mass is 16.2. The molecule has 1 amide bonds. The first-order valence-corrected chi connectivity index (χ1v) is 7.61. The lowest BCUT2D eigenvalue weighted by Crippen LogP contribution is -2.41. The van der Waals surface area contributed by atoms with Gasteiger partial charge < -0.3 is 10.2 Å². The van der Waals surface area contributed by atoms with E-state index in [2.05, 4.69) is 10.3 Å². The van der Waals surface area contributed by atoms with Gasteiger partial charge in [-0.05, 0) is 31.5 Å². The minimum Gasteiger partial charge on any atom is -0.335 e. The van der Waals surface area contributed by atoms with Crippen LogP contribution in [0.3, 0.4) is 0 Å². The van der Waals surface area contributed by atoms with Gasteiger partial charge in [0.25, 0.3) is 0 Å². The summed E-state index contributed by atoms with van der Waals surface area (Å²) in [6.07, 6.45) is 1.76. The summed E-state index contributed by atoms with van der Waals surface area (Å²) in [5.74, 6) is 0.106. The number of nitrogens with one attached hydrogen (secondary N) is 1. The Hall–Kier alpha value is -2.20. The zero-order valence-corrected chi connectivity index (χ0v) is 13.2. The first-order valence-electron chi connectivity index (χ1n) is 7.61. The van der Waals surface area contributed by atoms with E-state index in [1.807, 2.05) is 67.3 Å². The standard InChI is InChI=1S/C18H23N3O/c1-15(2)21(14-16-8-4-3-5-9-16)18(22)13-19-12-17-10-6-7-11-20-17/h3-11,15,19H,12-14H2,1-2H3. The average molecular weight is 297 g/mol. The van der Waals surface area contributed by atoms with Crippen LogP contribution >= 0.6 is 0 Å². The van der Waals surface area contributed by atoms with Gasteiger partial charge in [0.2, 0.25) is 5.91 Å². The van der Waals surface area contributed by atoms with Crippen molar-refractivity contribution >= 4 is 5.91 Å². The minimum absolute atomic E-state index is 0.106. The van der Waals surface area contributed by atoms with Gasteiger partial charge in [-0.15, -0.1) is 0 Å². The largest absolute Gasteiger partial charge is 0.335 e. The molecule has 2 rings (SSSR count). The third-order valence-corrected chi connectivity index (χ3v) is 3.45. The van der Waals surface area contributed by atoms with Crippen LogP contribution in [0, 0.1) is 0 Å². The van der Waals surface area contributed by atoms with Crippen LogP contribution < -0.4 is 5.32 Å². The summed E-state index contributed by atoms with van der Waals surface area (Å²) in [7, 11) is 0. The molecule has 0 fully saturated rings. The lowest BCUT2D eigenvalue weighted by atomic mass is 10.2. The van der Waals surface area contributed by atoms with Crippen molar-refractivity contribution in [1.29, 1.82) is 0 Å². The van der Waals surface area contributed by atoms with Crippen molar-refractivity contribution in [3.8, 4) is 0 Å². The number of hydrogen-bond acceptors (Lipinski definition) is 3. The summed E-state index contributed by atoms with van der Waals surface area (Å²) in [4.78, 5) is 18.5. The fraction of sp³-hybridized carbons (Fsp3) is 0.333. The van der Waals surface area contributed by atoms with Crippen LogP contribution in [0.1, 0.15) is 25.1 Å². The molecule has 4 heteroatoms. The predicted molar refractivity (Wildman–Crippen MR) is 88.1 cm³/mol. The van der Waals surface area contributed by atoms with Gasteiger partial charge in [0, 0.05) is 25.3 Å². The number of nitrogens with zero attached hydrogens (tertiary/aromatic N) is 2. The molecule has 0 saturated carbocycles. The van der Waals surface area contributed by atoms with Crippen LogP contribution in [0.2, 0.25) is 0 Å². The fourth-order valence-corrected chi connectivity index (χ4v) is 2.24. The van der Waals surface area contributed by atoms with E-state index < -0.39 is 0 Å². The molecule has 2 aromatic rings. The van der Waals surface area contributed by atoms with Crippen molar-refractivity contribution in [3.05, 3.63) is 66.0 Å². The zero-order valence-electron chi connectivity index (χ0n) is 13.2. The van der Waals surface area contributed by atoms with Crippen LogP contribution in [0.15, 0.2) is 54.7 Å². The lowest BCUT2D eigenvalue weighted by molar-refractivity contribution is -0.132. The molecule has 0 aliphatic heterocycles. The Labute approximate surface area is 132 Å². The van der Waals surface area contributed by atoms with Gasteiger partial charge in [-0.3, -0.25) is 9.78 Å². The maximum Gasteiger partial charge on any atom is 0.237 e. The molecular formula is C18H23N3O. The van der Waals surface area contributed by atoms with Gasteiger partial charge >= 0.3 is 0 Å². The third kappa shape index (κ3) is 4.97. The summed E-state index contributed by atoms with van der Waals surface area (Å²) in [6, 6.07) is 16.0. The maximum atomic E-state index is 12.4. The van der Waals surface area contributed by atoms with Crippen molar-refractivity contribution in [2.75, 3.05) is 6.54 Å². The first-order chi connectivity index (χ1) is 10.7. The molecule has 1 aromatic heterocycles. The maximum absolute atomic E-state index is 12.4. The van der Waals surface area contributed by atoms with Gasteiger partial charge in [0.1, 0.15) is 0 Å². The highest BCUT2D eigenvalue weighted by Crippen LogP contribution is 2.08. The van der Waals surface area contributed by atoms with E-state index in [1.165, 1.54) is 0 Å². The Morgan fingerprint density at radius 3 is 2.50 bits per heavy atom. The smallest absolute Gasteiger partial charge is 0.237 e. The van der Waals surface area contributed by atoms with Crippen LogP contribution in [-0.4, -0.2) is 28.4 Å². The highest BCUT2D eigenvalue weighted by molar-refractivity contribution is 5.78. The number of benzene rings is 1. The second-order valence-electron chi connectivity index (χ2n) is 5.53. The van der Waals surface area contributed by atoms with Crippen LogP contribution in [-0.2, 0) is 17.9 Å². The number of carbonyl (C=O) groups excluding carboxylic acids is 1. The van der Waals surface area contributed by atoms with E-state index in [-0.39, 0.29) is 11.9 Å². The Morgan fingerprint density at radius 2 is 1.86 bits per heavy atom. The van der Waals surface area contributed by atoms with Gasteiger partial charge in [-0.25, -0.2) is 0 Å². The second kappa shape index (κ2) is 8.29. The molecule has 0 unspecified atom stereocenters. The molecule has 0 bridgehead atoms. The van der Waals surface area contributed by atoms with Gasteiger partial charge in [0.15, 0.2) is 0 Å². The monoisotopic (exact) mass is 297 g/mol. The third-order valence-electron chi connectivity index (χ3n) is 3.45. The Balaban J connectivity index is 1.87.